The Hall–Kier alpha value is -1.83. The number of nitrogens with zero attached hydrogens (tertiary/aromatic N) is 2. The van der Waals surface area contributed by atoms with Crippen molar-refractivity contribution >= 4 is 21.8 Å². The van der Waals surface area contributed by atoms with Crippen molar-refractivity contribution in [1.29, 1.82) is 0 Å². The Labute approximate surface area is 151 Å². The molecule has 0 saturated heterocycles. The zero-order valence-electron chi connectivity index (χ0n) is 13.3. The molecule has 0 bridgehead atoms. The van der Waals surface area contributed by atoms with E-state index < -0.39 is 11.9 Å². The van der Waals surface area contributed by atoms with Crippen molar-refractivity contribution in [2.45, 2.75) is 37.9 Å². The molecule has 0 atom stereocenters. The van der Waals surface area contributed by atoms with E-state index in [9.17, 15) is 18.0 Å². The first-order chi connectivity index (χ1) is 11.9. The molecule has 0 radical (unpaired) electrons. The van der Waals surface area contributed by atoms with Crippen LogP contribution in [0.15, 0.2) is 34.8 Å². The predicted molar refractivity (Wildman–Crippen MR) is 90.1 cm³/mol. The van der Waals surface area contributed by atoms with Gasteiger partial charge in [0.25, 0.3) is 0 Å². The van der Waals surface area contributed by atoms with Crippen LogP contribution in [-0.4, -0.2) is 22.2 Å². The SMILES string of the molecule is O=C(Cn1nc(C(F)(F)F)c(Br)c1C1CC1)NCCc1ccccc1. The summed E-state index contributed by atoms with van der Waals surface area (Å²) in [5.41, 5.74) is 0.583. The Morgan fingerprint density at radius 1 is 1.28 bits per heavy atom. The minimum absolute atomic E-state index is 0.0371. The molecule has 1 aliphatic rings. The molecule has 25 heavy (non-hydrogen) atoms. The van der Waals surface area contributed by atoms with Gasteiger partial charge in [0.05, 0.1) is 10.2 Å². The van der Waals surface area contributed by atoms with Gasteiger partial charge in [-0.15, -0.1) is 0 Å². The number of carbonyl (C=O) groups is 1. The summed E-state index contributed by atoms with van der Waals surface area (Å²) in [6.45, 7) is 0.214. The molecule has 3 rings (SSSR count). The molecular weight excluding hydrogens is 399 g/mol. The van der Waals surface area contributed by atoms with Crippen molar-refractivity contribution in [2.75, 3.05) is 6.54 Å². The van der Waals surface area contributed by atoms with Gasteiger partial charge in [-0.3, -0.25) is 9.48 Å². The van der Waals surface area contributed by atoms with E-state index >= 15 is 0 Å². The maximum atomic E-state index is 13.0. The highest BCUT2D eigenvalue weighted by atomic mass is 79.9. The molecule has 0 aliphatic heterocycles. The fraction of sp³-hybridized carbons (Fsp3) is 0.412. The number of hydrogen-bond donors (Lipinski definition) is 1. The lowest BCUT2D eigenvalue weighted by Gasteiger charge is -2.08. The second kappa shape index (κ2) is 7.19. The van der Waals surface area contributed by atoms with Gasteiger partial charge in [0.1, 0.15) is 6.54 Å². The van der Waals surface area contributed by atoms with Crippen LogP contribution in [0, 0.1) is 0 Å². The van der Waals surface area contributed by atoms with E-state index in [-0.39, 0.29) is 22.8 Å². The van der Waals surface area contributed by atoms with Gasteiger partial charge in [0.2, 0.25) is 5.91 Å². The van der Waals surface area contributed by atoms with E-state index in [1.54, 1.807) is 0 Å². The molecule has 0 unspecified atom stereocenters. The second-order valence-corrected chi connectivity index (χ2v) is 6.86. The van der Waals surface area contributed by atoms with Crippen molar-refractivity contribution in [3.05, 3.63) is 51.8 Å². The van der Waals surface area contributed by atoms with E-state index in [1.807, 2.05) is 30.3 Å². The number of benzene rings is 1. The number of amides is 1. The Morgan fingerprint density at radius 3 is 2.56 bits per heavy atom. The number of hydrogen-bond acceptors (Lipinski definition) is 2. The average molecular weight is 416 g/mol. The molecule has 1 saturated carbocycles. The van der Waals surface area contributed by atoms with Crippen LogP contribution >= 0.6 is 15.9 Å². The first kappa shape index (κ1) is 18.0. The third-order valence-corrected chi connectivity index (χ3v) is 4.82. The summed E-state index contributed by atoms with van der Waals surface area (Å²) in [7, 11) is 0. The zero-order valence-corrected chi connectivity index (χ0v) is 14.9. The van der Waals surface area contributed by atoms with Crippen molar-refractivity contribution in [3.63, 3.8) is 0 Å². The smallest absolute Gasteiger partial charge is 0.354 e. The highest BCUT2D eigenvalue weighted by Gasteiger charge is 2.41. The van der Waals surface area contributed by atoms with Crippen LogP contribution in [0.3, 0.4) is 0 Å². The lowest BCUT2D eigenvalue weighted by atomic mass is 10.1. The lowest BCUT2D eigenvalue weighted by Crippen LogP contribution is -2.30. The second-order valence-electron chi connectivity index (χ2n) is 6.06. The van der Waals surface area contributed by atoms with Crippen LogP contribution in [0.4, 0.5) is 13.2 Å². The highest BCUT2D eigenvalue weighted by Crippen LogP contribution is 2.46. The van der Waals surface area contributed by atoms with Crippen LogP contribution in [0.25, 0.3) is 0 Å². The largest absolute Gasteiger partial charge is 0.436 e. The van der Waals surface area contributed by atoms with Gasteiger partial charge in [-0.2, -0.15) is 18.3 Å². The van der Waals surface area contributed by atoms with E-state index in [2.05, 4.69) is 26.3 Å². The fourth-order valence-corrected chi connectivity index (χ4v) is 3.52. The zero-order chi connectivity index (χ0) is 18.0. The normalized spacial score (nSPS) is 14.6. The van der Waals surface area contributed by atoms with Crippen LogP contribution in [0.2, 0.25) is 0 Å². The Bertz CT molecular complexity index is 754. The standard InChI is InChI=1S/C17H17BrF3N3O/c18-14-15(12-6-7-12)24(23-16(14)17(19,20)21)10-13(25)22-9-8-11-4-2-1-3-5-11/h1-5,12H,6-10H2,(H,22,25). The lowest BCUT2D eigenvalue weighted by molar-refractivity contribution is -0.142. The van der Waals surface area contributed by atoms with E-state index in [1.165, 1.54) is 4.68 Å². The number of rotatable bonds is 6. The molecule has 1 aromatic carbocycles. The monoisotopic (exact) mass is 415 g/mol. The van der Waals surface area contributed by atoms with Crippen LogP contribution in [0.5, 0.6) is 0 Å². The fourth-order valence-electron chi connectivity index (χ4n) is 2.68. The minimum atomic E-state index is -4.54. The van der Waals surface area contributed by atoms with Gasteiger partial charge in [-0.1, -0.05) is 30.3 Å². The topological polar surface area (TPSA) is 46.9 Å². The Balaban J connectivity index is 1.64. The Morgan fingerprint density at radius 2 is 1.96 bits per heavy atom. The van der Waals surface area contributed by atoms with Crippen LogP contribution in [-0.2, 0) is 23.9 Å². The third kappa shape index (κ3) is 4.42. The van der Waals surface area contributed by atoms with Gasteiger partial charge < -0.3 is 5.32 Å². The maximum absolute atomic E-state index is 13.0. The van der Waals surface area contributed by atoms with Crippen molar-refractivity contribution in [3.8, 4) is 0 Å². The molecule has 1 aliphatic carbocycles. The molecule has 4 nitrogen and oxygen atoms in total. The molecule has 1 amide bonds. The minimum Gasteiger partial charge on any atom is -0.354 e. The summed E-state index contributed by atoms with van der Waals surface area (Å²) in [6, 6.07) is 9.66. The molecule has 8 heteroatoms. The molecule has 1 N–H and O–H groups in total. The van der Waals surface area contributed by atoms with Crippen LogP contribution < -0.4 is 5.32 Å². The highest BCUT2D eigenvalue weighted by molar-refractivity contribution is 9.10. The molecule has 0 spiro atoms. The number of nitrogens with one attached hydrogen (secondary N) is 1. The molecule has 1 aromatic heterocycles. The van der Waals surface area contributed by atoms with E-state index in [0.29, 0.717) is 18.7 Å². The van der Waals surface area contributed by atoms with Gasteiger partial charge in [-0.25, -0.2) is 0 Å². The summed E-state index contributed by atoms with van der Waals surface area (Å²) >= 11 is 3.02. The average Bonchev–Trinajstić information content (AvgIpc) is 3.32. The summed E-state index contributed by atoms with van der Waals surface area (Å²) < 4.78 is 40.3. The van der Waals surface area contributed by atoms with Gasteiger partial charge in [0, 0.05) is 12.5 Å². The number of halogens is 4. The molecule has 1 fully saturated rings. The number of aromatic nitrogens is 2. The van der Waals surface area contributed by atoms with Crippen molar-refractivity contribution < 1.29 is 18.0 Å². The van der Waals surface area contributed by atoms with Crippen molar-refractivity contribution in [1.82, 2.24) is 15.1 Å². The molecular formula is C17H17BrF3N3O. The van der Waals surface area contributed by atoms with Crippen LogP contribution in [0.1, 0.15) is 35.7 Å². The Kier molecular flexibility index (Phi) is 5.17. The van der Waals surface area contributed by atoms with Crippen molar-refractivity contribution in [2.24, 2.45) is 0 Å². The van der Waals surface area contributed by atoms with E-state index in [0.717, 1.165) is 18.4 Å². The molecule has 2 aromatic rings. The summed E-state index contributed by atoms with van der Waals surface area (Å²) in [5, 5.41) is 6.37. The molecule has 134 valence electrons. The number of carbonyl (C=O) groups excluding carboxylic acids is 1. The summed E-state index contributed by atoms with van der Waals surface area (Å²) in [5.74, 6) is -0.309. The van der Waals surface area contributed by atoms with E-state index in [4.69, 9.17) is 0 Å². The third-order valence-electron chi connectivity index (χ3n) is 4.04. The quantitative estimate of drug-likeness (QED) is 0.777. The first-order valence-corrected chi connectivity index (χ1v) is 8.79. The summed E-state index contributed by atoms with van der Waals surface area (Å²) in [4.78, 5) is 12.1. The van der Waals surface area contributed by atoms with Gasteiger partial charge >= 0.3 is 6.18 Å². The number of alkyl halides is 3. The maximum Gasteiger partial charge on any atom is 0.436 e. The molecule has 1 heterocycles. The predicted octanol–water partition coefficient (Wildman–Crippen LogP) is 3.90. The first-order valence-electron chi connectivity index (χ1n) is 8.00. The van der Waals surface area contributed by atoms with Gasteiger partial charge in [0.15, 0.2) is 5.69 Å². The summed E-state index contributed by atoms with van der Waals surface area (Å²) in [6.07, 6.45) is -2.25. The van der Waals surface area contributed by atoms with Gasteiger partial charge in [-0.05, 0) is 40.8 Å².